The topological polar surface area (TPSA) is 61.0 Å². The summed E-state index contributed by atoms with van der Waals surface area (Å²) >= 11 is 3.37. The summed E-state index contributed by atoms with van der Waals surface area (Å²) in [6.07, 6.45) is 1.70. The average Bonchev–Trinajstić information content (AvgIpc) is 2.44. The van der Waals surface area contributed by atoms with Crippen LogP contribution in [0.3, 0.4) is 0 Å². The molecule has 0 aliphatic rings. The van der Waals surface area contributed by atoms with E-state index in [9.17, 15) is 8.78 Å². The lowest BCUT2D eigenvalue weighted by Crippen LogP contribution is -2.03. The van der Waals surface area contributed by atoms with E-state index in [-0.39, 0.29) is 5.75 Å². The summed E-state index contributed by atoms with van der Waals surface area (Å²) < 4.78 is 29.2. The van der Waals surface area contributed by atoms with Crippen LogP contribution in [0.2, 0.25) is 0 Å². The van der Waals surface area contributed by atoms with E-state index >= 15 is 0 Å². The molecular weight excluding hydrogens is 344 g/mol. The largest absolute Gasteiger partial charge is 0.435 e. The van der Waals surface area contributed by atoms with Crippen LogP contribution in [0.4, 0.5) is 14.6 Å². The fraction of sp³-hybridized carbons (Fsp3) is 0.286. The van der Waals surface area contributed by atoms with Gasteiger partial charge in [0.25, 0.3) is 0 Å². The highest BCUT2D eigenvalue weighted by Crippen LogP contribution is 2.27. The second-order valence-corrected chi connectivity index (χ2v) is 5.14. The first kappa shape index (κ1) is 15.6. The molecule has 0 amide bonds. The van der Waals surface area contributed by atoms with Crippen molar-refractivity contribution >= 4 is 21.7 Å². The molecule has 0 radical (unpaired) electrons. The number of aryl methyl sites for hydroxylation is 1. The van der Waals surface area contributed by atoms with Gasteiger partial charge in [0.15, 0.2) is 5.82 Å². The first-order valence-corrected chi connectivity index (χ1v) is 7.17. The molecule has 0 saturated heterocycles. The van der Waals surface area contributed by atoms with Crippen molar-refractivity contribution in [1.29, 1.82) is 0 Å². The summed E-state index contributed by atoms with van der Waals surface area (Å²) in [7, 11) is 0. The fourth-order valence-electron chi connectivity index (χ4n) is 1.83. The van der Waals surface area contributed by atoms with Crippen LogP contribution in [-0.2, 0) is 6.42 Å². The van der Waals surface area contributed by atoms with Crippen molar-refractivity contribution in [3.05, 3.63) is 34.4 Å². The van der Waals surface area contributed by atoms with Crippen LogP contribution in [0, 0.1) is 0 Å². The van der Waals surface area contributed by atoms with Crippen molar-refractivity contribution in [2.24, 2.45) is 0 Å². The maximum absolute atomic E-state index is 12.1. The van der Waals surface area contributed by atoms with E-state index in [1.54, 1.807) is 12.1 Å². The number of nitrogen functional groups attached to an aromatic ring is 1. The molecule has 0 saturated carbocycles. The van der Waals surface area contributed by atoms with Crippen LogP contribution in [0.5, 0.6) is 5.75 Å². The number of nitrogens with two attached hydrogens (primary N) is 1. The molecule has 0 aliphatic carbocycles. The van der Waals surface area contributed by atoms with Gasteiger partial charge in [0.2, 0.25) is 0 Å². The van der Waals surface area contributed by atoms with E-state index in [1.165, 1.54) is 12.1 Å². The van der Waals surface area contributed by atoms with E-state index in [0.717, 1.165) is 18.5 Å². The standard InChI is InChI=1S/C14H14BrF2N3O/c1-2-3-10-11(15)12(18)20-13(19-10)8-4-6-9(7-5-8)21-14(16)17/h4-7,14H,2-3H2,1H3,(H2,18,19,20). The van der Waals surface area contributed by atoms with Crippen LogP contribution < -0.4 is 10.5 Å². The Hall–Kier alpha value is -1.76. The van der Waals surface area contributed by atoms with Gasteiger partial charge < -0.3 is 10.5 Å². The van der Waals surface area contributed by atoms with Gasteiger partial charge in [0, 0.05) is 5.56 Å². The molecule has 0 spiro atoms. The number of hydrogen-bond acceptors (Lipinski definition) is 4. The summed E-state index contributed by atoms with van der Waals surface area (Å²) in [5.74, 6) is 0.909. The Morgan fingerprint density at radius 3 is 2.48 bits per heavy atom. The lowest BCUT2D eigenvalue weighted by atomic mass is 10.2. The minimum Gasteiger partial charge on any atom is -0.435 e. The van der Waals surface area contributed by atoms with Crippen molar-refractivity contribution < 1.29 is 13.5 Å². The van der Waals surface area contributed by atoms with Gasteiger partial charge in [0.1, 0.15) is 11.6 Å². The predicted molar refractivity (Wildman–Crippen MR) is 80.2 cm³/mol. The highest BCUT2D eigenvalue weighted by atomic mass is 79.9. The van der Waals surface area contributed by atoms with Crippen molar-refractivity contribution in [1.82, 2.24) is 9.97 Å². The van der Waals surface area contributed by atoms with Gasteiger partial charge in [0.05, 0.1) is 10.2 Å². The molecule has 112 valence electrons. The molecule has 0 atom stereocenters. The van der Waals surface area contributed by atoms with Crippen LogP contribution >= 0.6 is 15.9 Å². The zero-order valence-electron chi connectivity index (χ0n) is 11.3. The molecule has 1 heterocycles. The van der Waals surface area contributed by atoms with Crippen LogP contribution in [-0.4, -0.2) is 16.6 Å². The smallest absolute Gasteiger partial charge is 0.387 e. The second kappa shape index (κ2) is 6.80. The van der Waals surface area contributed by atoms with E-state index in [4.69, 9.17) is 5.73 Å². The number of rotatable bonds is 5. The van der Waals surface area contributed by atoms with Crippen LogP contribution in [0.1, 0.15) is 19.0 Å². The molecule has 0 bridgehead atoms. The molecule has 1 aromatic carbocycles. The minimum absolute atomic E-state index is 0.0904. The lowest BCUT2D eigenvalue weighted by Gasteiger charge is -2.09. The van der Waals surface area contributed by atoms with E-state index in [1.807, 2.05) is 6.92 Å². The highest BCUT2D eigenvalue weighted by molar-refractivity contribution is 9.10. The highest BCUT2D eigenvalue weighted by Gasteiger charge is 2.11. The molecule has 4 nitrogen and oxygen atoms in total. The number of alkyl halides is 2. The first-order valence-electron chi connectivity index (χ1n) is 6.38. The lowest BCUT2D eigenvalue weighted by molar-refractivity contribution is -0.0498. The Kier molecular flexibility index (Phi) is 5.06. The zero-order valence-corrected chi connectivity index (χ0v) is 12.9. The molecule has 7 heteroatoms. The number of halogens is 3. The minimum atomic E-state index is -2.84. The number of nitrogens with zero attached hydrogens (tertiary/aromatic N) is 2. The number of aromatic nitrogens is 2. The molecule has 1 aromatic heterocycles. The Morgan fingerprint density at radius 1 is 1.24 bits per heavy atom. The third-order valence-electron chi connectivity index (χ3n) is 2.77. The van der Waals surface area contributed by atoms with Crippen LogP contribution in [0.25, 0.3) is 11.4 Å². The summed E-state index contributed by atoms with van der Waals surface area (Å²) in [5, 5.41) is 0. The van der Waals surface area contributed by atoms with Gasteiger partial charge in [-0.25, -0.2) is 9.97 Å². The zero-order chi connectivity index (χ0) is 15.4. The van der Waals surface area contributed by atoms with E-state index in [2.05, 4.69) is 30.6 Å². The Bertz CT molecular complexity index is 620. The Morgan fingerprint density at radius 2 is 1.90 bits per heavy atom. The third-order valence-corrected chi connectivity index (χ3v) is 3.63. The quantitative estimate of drug-likeness (QED) is 0.876. The molecule has 21 heavy (non-hydrogen) atoms. The van der Waals surface area contributed by atoms with E-state index in [0.29, 0.717) is 21.7 Å². The summed E-state index contributed by atoms with van der Waals surface area (Å²) in [5.41, 5.74) is 7.38. The van der Waals surface area contributed by atoms with Gasteiger partial charge in [-0.3, -0.25) is 0 Å². The van der Waals surface area contributed by atoms with Crippen molar-refractivity contribution in [2.45, 2.75) is 26.4 Å². The fourth-order valence-corrected chi connectivity index (χ4v) is 2.21. The maximum Gasteiger partial charge on any atom is 0.387 e. The summed E-state index contributed by atoms with van der Waals surface area (Å²) in [4.78, 5) is 8.66. The molecule has 2 N–H and O–H groups in total. The van der Waals surface area contributed by atoms with Crippen molar-refractivity contribution in [3.8, 4) is 17.1 Å². The Balaban J connectivity index is 2.33. The Labute approximate surface area is 129 Å². The van der Waals surface area contributed by atoms with Gasteiger partial charge in [-0.1, -0.05) is 13.3 Å². The molecule has 0 unspecified atom stereocenters. The van der Waals surface area contributed by atoms with Crippen molar-refractivity contribution in [2.75, 3.05) is 5.73 Å². The number of hydrogen-bond donors (Lipinski definition) is 1. The van der Waals surface area contributed by atoms with Crippen LogP contribution in [0.15, 0.2) is 28.7 Å². The van der Waals surface area contributed by atoms with Gasteiger partial charge in [-0.2, -0.15) is 8.78 Å². The number of anilines is 1. The monoisotopic (exact) mass is 357 g/mol. The average molecular weight is 358 g/mol. The molecule has 2 aromatic rings. The molecule has 0 aliphatic heterocycles. The third kappa shape index (κ3) is 3.87. The van der Waals surface area contributed by atoms with Gasteiger partial charge in [-0.15, -0.1) is 0 Å². The maximum atomic E-state index is 12.1. The normalized spacial score (nSPS) is 10.9. The molecule has 0 fully saturated rings. The summed E-state index contributed by atoms with van der Waals surface area (Å²) in [6, 6.07) is 6.14. The van der Waals surface area contributed by atoms with E-state index < -0.39 is 6.61 Å². The second-order valence-electron chi connectivity index (χ2n) is 4.35. The SMILES string of the molecule is CCCc1nc(-c2ccc(OC(F)F)cc2)nc(N)c1Br. The number of ether oxygens (including phenoxy) is 1. The summed E-state index contributed by atoms with van der Waals surface area (Å²) in [6.45, 7) is -0.799. The van der Waals surface area contributed by atoms with Gasteiger partial charge >= 0.3 is 6.61 Å². The van der Waals surface area contributed by atoms with Gasteiger partial charge in [-0.05, 0) is 46.6 Å². The van der Waals surface area contributed by atoms with Crippen molar-refractivity contribution in [3.63, 3.8) is 0 Å². The number of benzene rings is 1. The molecular formula is C14H14BrF2N3O. The predicted octanol–water partition coefficient (Wildman–Crippen LogP) is 4.04. The molecule has 2 rings (SSSR count). The first-order chi connectivity index (χ1) is 10.0.